The Kier molecular flexibility index (Phi) is 8.62. The van der Waals surface area contributed by atoms with Gasteiger partial charge in [-0.15, -0.1) is 0 Å². The molecular formula is C31H23BrFN3O7S2. The summed E-state index contributed by atoms with van der Waals surface area (Å²) < 4.78 is 24.9. The Bertz CT molecular complexity index is 1880. The fourth-order valence-electron chi connectivity index (χ4n) is 5.34. The highest BCUT2D eigenvalue weighted by atomic mass is 79.9. The number of halogens is 2. The molecule has 0 saturated carbocycles. The van der Waals surface area contributed by atoms with E-state index < -0.39 is 53.2 Å². The largest absolute Gasteiger partial charge is 0.483 e. The molecule has 1 saturated heterocycles. The number of H-pyrrole nitrogens is 1. The van der Waals surface area contributed by atoms with Gasteiger partial charge >= 0.3 is 10.8 Å². The summed E-state index contributed by atoms with van der Waals surface area (Å²) >= 11 is 5.55. The third-order valence-corrected chi connectivity index (χ3v) is 10.1. The number of ether oxygens (including phenoxy) is 2. The molecule has 2 aliphatic rings. The van der Waals surface area contributed by atoms with E-state index in [9.17, 15) is 28.4 Å². The van der Waals surface area contributed by atoms with Crippen LogP contribution in [-0.2, 0) is 19.1 Å². The third kappa shape index (κ3) is 6.04. The van der Waals surface area contributed by atoms with Crippen LogP contribution in [0.4, 0.5) is 15.8 Å². The lowest BCUT2D eigenvalue weighted by Gasteiger charge is -2.31. The molecule has 45 heavy (non-hydrogen) atoms. The number of thiazole rings is 1. The van der Waals surface area contributed by atoms with Crippen molar-refractivity contribution in [2.75, 3.05) is 23.4 Å². The van der Waals surface area contributed by atoms with E-state index in [-0.39, 0.29) is 22.8 Å². The van der Waals surface area contributed by atoms with Gasteiger partial charge in [0.25, 0.3) is 5.91 Å². The number of amides is 3. The lowest BCUT2D eigenvalue weighted by Crippen LogP contribution is -2.32. The summed E-state index contributed by atoms with van der Waals surface area (Å²) in [5.74, 6) is -3.77. The maximum absolute atomic E-state index is 14.1. The number of carbonyl (C=O) groups is 4. The lowest BCUT2D eigenvalue weighted by molar-refractivity contribution is -0.122. The average molecular weight is 713 g/mol. The number of aromatic nitrogens is 1. The van der Waals surface area contributed by atoms with Gasteiger partial charge in [-0.25, -0.2) is 14.1 Å². The molecule has 1 fully saturated rings. The van der Waals surface area contributed by atoms with Crippen LogP contribution >= 0.6 is 39.0 Å². The minimum atomic E-state index is -0.907. The Labute approximate surface area is 272 Å². The number of fused-ring (bicyclic) bond motifs is 2. The van der Waals surface area contributed by atoms with Gasteiger partial charge in [-0.2, -0.15) is 0 Å². The number of imide groups is 1. The van der Waals surface area contributed by atoms with Crippen molar-refractivity contribution in [2.45, 2.75) is 23.1 Å². The van der Waals surface area contributed by atoms with Gasteiger partial charge in [0.1, 0.15) is 16.8 Å². The Morgan fingerprint density at radius 3 is 2.47 bits per heavy atom. The first kappa shape index (κ1) is 30.7. The van der Waals surface area contributed by atoms with E-state index in [1.165, 1.54) is 48.5 Å². The predicted octanol–water partition coefficient (Wildman–Crippen LogP) is 5.33. The standard InChI is InChI=1S/C31H23BrFN3O7S2/c1-2-42-30(40)15-3-10-19(11-4-15)36-28(38)24-23(25-27(35-31(41)45-25)44-26(24)29(36)39)20-13-16(32)5-12-21(20)43-14-22(37)34-18-8-6-17(33)7-9-18/h3-13,23-24,26H,2,14H2,1H3,(H,34,37)(H,35,41)/t23-,24-,26+/m0/s1. The number of nitrogens with one attached hydrogen (secondary N) is 2. The Hall–Kier alpha value is -4.27. The molecule has 3 amide bonds. The summed E-state index contributed by atoms with van der Waals surface area (Å²) in [5, 5.41) is 2.26. The molecule has 10 nitrogen and oxygen atoms in total. The number of anilines is 2. The molecule has 230 valence electrons. The number of rotatable bonds is 8. The molecule has 0 aliphatic carbocycles. The third-order valence-electron chi connectivity index (χ3n) is 7.25. The van der Waals surface area contributed by atoms with Crippen molar-refractivity contribution in [2.24, 2.45) is 5.92 Å². The zero-order valence-corrected chi connectivity index (χ0v) is 26.6. The SMILES string of the molecule is CCOC(=O)c1ccc(N2C(=O)[C@H]3[C@H](c4cc(Br)ccc4OCC(=O)Nc4ccc(F)cc4)c4sc(=O)[nH]c4S[C@H]3C2=O)cc1. The van der Waals surface area contributed by atoms with Crippen molar-refractivity contribution in [3.8, 4) is 5.75 Å². The smallest absolute Gasteiger partial charge is 0.338 e. The highest BCUT2D eigenvalue weighted by Crippen LogP contribution is 2.54. The van der Waals surface area contributed by atoms with Crippen molar-refractivity contribution in [1.82, 2.24) is 4.98 Å². The second-order valence-electron chi connectivity index (χ2n) is 10.1. The fraction of sp³-hybridized carbons (Fsp3) is 0.194. The van der Waals surface area contributed by atoms with Crippen molar-refractivity contribution in [3.63, 3.8) is 0 Å². The molecular weight excluding hydrogens is 689 g/mol. The molecule has 14 heteroatoms. The van der Waals surface area contributed by atoms with Gasteiger partial charge in [-0.05, 0) is 73.7 Å². The van der Waals surface area contributed by atoms with Gasteiger partial charge in [0, 0.05) is 26.5 Å². The van der Waals surface area contributed by atoms with Crippen molar-refractivity contribution < 1.29 is 33.0 Å². The Morgan fingerprint density at radius 2 is 1.76 bits per heavy atom. The number of hydrogen-bond acceptors (Lipinski definition) is 9. The van der Waals surface area contributed by atoms with Crippen LogP contribution in [0.5, 0.6) is 5.75 Å². The summed E-state index contributed by atoms with van der Waals surface area (Å²) in [6.45, 7) is 1.50. The fourth-order valence-corrected chi connectivity index (χ4v) is 8.22. The van der Waals surface area contributed by atoms with Crippen LogP contribution in [0.2, 0.25) is 0 Å². The van der Waals surface area contributed by atoms with E-state index >= 15 is 0 Å². The maximum atomic E-state index is 14.1. The highest BCUT2D eigenvalue weighted by Gasteiger charge is 2.56. The number of nitrogens with zero attached hydrogens (tertiary/aromatic N) is 1. The minimum Gasteiger partial charge on any atom is -0.483 e. The zero-order chi connectivity index (χ0) is 31.8. The molecule has 3 heterocycles. The molecule has 3 atom stereocenters. The first-order valence-corrected chi connectivity index (χ1v) is 16.2. The Morgan fingerprint density at radius 1 is 1.02 bits per heavy atom. The first-order chi connectivity index (χ1) is 21.6. The van der Waals surface area contributed by atoms with Gasteiger partial charge in [0.05, 0.1) is 28.8 Å². The molecule has 0 bridgehead atoms. The van der Waals surface area contributed by atoms with Crippen LogP contribution in [0.1, 0.15) is 33.6 Å². The second-order valence-corrected chi connectivity index (χ2v) is 13.1. The maximum Gasteiger partial charge on any atom is 0.338 e. The number of benzene rings is 3. The molecule has 0 radical (unpaired) electrons. The molecule has 4 aromatic rings. The topological polar surface area (TPSA) is 135 Å². The summed E-state index contributed by atoms with van der Waals surface area (Å²) in [6, 6.07) is 16.4. The van der Waals surface area contributed by atoms with Crippen LogP contribution < -0.4 is 19.8 Å². The van der Waals surface area contributed by atoms with Gasteiger partial charge in [-0.1, -0.05) is 39.0 Å². The van der Waals surface area contributed by atoms with E-state index in [1.807, 2.05) is 0 Å². The van der Waals surface area contributed by atoms with Gasteiger partial charge in [-0.3, -0.25) is 19.2 Å². The second kappa shape index (κ2) is 12.6. The van der Waals surface area contributed by atoms with Crippen molar-refractivity contribution >= 4 is 74.1 Å². The van der Waals surface area contributed by atoms with Crippen LogP contribution in [-0.4, -0.2) is 47.1 Å². The molecule has 3 aromatic carbocycles. The molecule has 2 N–H and O–H groups in total. The number of thioether (sulfide) groups is 1. The summed E-state index contributed by atoms with van der Waals surface area (Å²) in [5.41, 5.74) is 1.47. The van der Waals surface area contributed by atoms with Crippen molar-refractivity contribution in [1.29, 1.82) is 0 Å². The quantitative estimate of drug-likeness (QED) is 0.185. The monoisotopic (exact) mass is 711 g/mol. The van der Waals surface area contributed by atoms with E-state index in [0.717, 1.165) is 28.0 Å². The van der Waals surface area contributed by atoms with E-state index in [0.29, 0.717) is 31.3 Å². The number of carbonyl (C=O) groups excluding carboxylic acids is 4. The zero-order valence-electron chi connectivity index (χ0n) is 23.4. The normalized spacial score (nSPS) is 18.7. The number of hydrogen-bond donors (Lipinski definition) is 2. The van der Waals surface area contributed by atoms with Gasteiger partial charge < -0.3 is 19.8 Å². The van der Waals surface area contributed by atoms with Crippen LogP contribution in [0.25, 0.3) is 0 Å². The highest BCUT2D eigenvalue weighted by molar-refractivity contribution is 9.10. The average Bonchev–Trinajstić information content (AvgIpc) is 3.51. The van der Waals surface area contributed by atoms with E-state index in [4.69, 9.17) is 9.47 Å². The lowest BCUT2D eigenvalue weighted by atomic mass is 9.82. The van der Waals surface area contributed by atoms with Gasteiger partial charge in [0.15, 0.2) is 6.61 Å². The molecule has 6 rings (SSSR count). The summed E-state index contributed by atoms with van der Waals surface area (Å²) in [6.07, 6.45) is 0. The van der Waals surface area contributed by atoms with E-state index in [1.54, 1.807) is 25.1 Å². The van der Waals surface area contributed by atoms with Crippen molar-refractivity contribution in [3.05, 3.63) is 103 Å². The molecule has 0 spiro atoms. The number of esters is 1. The predicted molar refractivity (Wildman–Crippen MR) is 169 cm³/mol. The summed E-state index contributed by atoms with van der Waals surface area (Å²) in [4.78, 5) is 69.4. The molecule has 1 aromatic heterocycles. The summed E-state index contributed by atoms with van der Waals surface area (Å²) in [7, 11) is 0. The Balaban J connectivity index is 1.33. The first-order valence-electron chi connectivity index (χ1n) is 13.7. The van der Waals surface area contributed by atoms with Gasteiger partial charge in [0.2, 0.25) is 11.8 Å². The van der Waals surface area contributed by atoms with Crippen LogP contribution in [0.15, 0.2) is 81.0 Å². The van der Waals surface area contributed by atoms with Crippen LogP contribution in [0, 0.1) is 11.7 Å². The molecule has 2 aliphatic heterocycles. The van der Waals surface area contributed by atoms with E-state index in [2.05, 4.69) is 26.2 Å². The minimum absolute atomic E-state index is 0.206. The molecule has 0 unspecified atom stereocenters. The number of aromatic amines is 1. The van der Waals surface area contributed by atoms with Crippen LogP contribution in [0.3, 0.4) is 0 Å².